The molecule has 0 aromatic rings. The molecule has 1 saturated carbocycles. The van der Waals surface area contributed by atoms with Gasteiger partial charge in [-0.25, -0.2) is 8.42 Å². The van der Waals surface area contributed by atoms with Crippen LogP contribution >= 0.6 is 11.6 Å². The third kappa shape index (κ3) is 0.845. The van der Waals surface area contributed by atoms with Crippen LogP contribution in [0.5, 0.6) is 0 Å². The molecule has 1 fully saturated rings. The molecule has 0 bridgehead atoms. The highest BCUT2D eigenvalue weighted by atomic mass is 35.5. The van der Waals surface area contributed by atoms with E-state index in [9.17, 15) is 8.42 Å². The monoisotopic (exact) mass is 154 g/mol. The summed E-state index contributed by atoms with van der Waals surface area (Å²) >= 11 is 5.53. The van der Waals surface area contributed by atoms with E-state index in [4.69, 9.17) is 11.6 Å². The fourth-order valence-electron chi connectivity index (χ4n) is 0.469. The third-order valence-corrected chi connectivity index (χ3v) is 4.26. The van der Waals surface area contributed by atoms with Crippen LogP contribution in [0.1, 0.15) is 12.8 Å². The molecule has 0 aromatic heterocycles. The number of rotatable bonds is 1. The Bertz CT molecular complexity index is 190. The van der Waals surface area contributed by atoms with Crippen molar-refractivity contribution in [2.24, 2.45) is 0 Å². The molecule has 0 saturated heterocycles. The molecule has 48 valence electrons. The van der Waals surface area contributed by atoms with Gasteiger partial charge in [-0.1, -0.05) is 0 Å². The first-order valence-electron chi connectivity index (χ1n) is 2.34. The van der Waals surface area contributed by atoms with E-state index in [-0.39, 0.29) is 0 Å². The van der Waals surface area contributed by atoms with Crippen molar-refractivity contribution in [2.45, 2.75) is 17.0 Å². The lowest BCUT2D eigenvalue weighted by Crippen LogP contribution is -2.13. The van der Waals surface area contributed by atoms with Crippen LogP contribution in [-0.2, 0) is 9.84 Å². The van der Waals surface area contributed by atoms with Crippen LogP contribution in [0.3, 0.4) is 0 Å². The van der Waals surface area contributed by atoms with Gasteiger partial charge >= 0.3 is 0 Å². The van der Waals surface area contributed by atoms with Crippen molar-refractivity contribution in [3.8, 4) is 0 Å². The number of hydrogen-bond donors (Lipinski definition) is 0. The lowest BCUT2D eigenvalue weighted by molar-refractivity contribution is 0.597. The molecule has 0 amide bonds. The highest BCUT2D eigenvalue weighted by Crippen LogP contribution is 2.46. The topological polar surface area (TPSA) is 34.1 Å². The van der Waals surface area contributed by atoms with E-state index < -0.39 is 14.0 Å². The van der Waals surface area contributed by atoms with Crippen LogP contribution in [0.2, 0.25) is 0 Å². The van der Waals surface area contributed by atoms with Crippen LogP contribution in [0, 0.1) is 0 Å². The van der Waals surface area contributed by atoms with Gasteiger partial charge in [0.1, 0.15) is 4.21 Å². The first-order chi connectivity index (χ1) is 3.46. The molecule has 1 aliphatic carbocycles. The van der Waals surface area contributed by atoms with Gasteiger partial charge in [-0.15, -0.1) is 11.6 Å². The van der Waals surface area contributed by atoms with E-state index in [0.717, 1.165) is 0 Å². The van der Waals surface area contributed by atoms with E-state index in [2.05, 4.69) is 0 Å². The Kier molecular flexibility index (Phi) is 1.11. The maximum absolute atomic E-state index is 10.6. The Hall–Kier alpha value is 0.240. The summed E-state index contributed by atoms with van der Waals surface area (Å²) in [5, 5.41) is 0. The minimum atomic E-state index is -2.96. The summed E-state index contributed by atoms with van der Waals surface area (Å²) in [6, 6.07) is 0. The number of halogens is 1. The Morgan fingerprint density at radius 3 is 1.88 bits per heavy atom. The molecule has 0 aliphatic heterocycles. The molecule has 0 radical (unpaired) electrons. The van der Waals surface area contributed by atoms with Crippen LogP contribution < -0.4 is 0 Å². The van der Waals surface area contributed by atoms with Crippen molar-refractivity contribution in [3.05, 3.63) is 0 Å². The zero-order valence-corrected chi connectivity index (χ0v) is 6.09. The maximum Gasteiger partial charge on any atom is 0.167 e. The van der Waals surface area contributed by atoms with E-state index in [0.29, 0.717) is 12.8 Å². The molecule has 2 nitrogen and oxygen atoms in total. The summed E-state index contributed by atoms with van der Waals surface area (Å²) in [5.41, 5.74) is 0. The standard InChI is InChI=1S/C4H7ClO2S/c1-8(6,7)4(5)2-3-4/h2-3H2,1H3. The lowest BCUT2D eigenvalue weighted by atomic mass is 10.9. The van der Waals surface area contributed by atoms with Crippen LogP contribution in [-0.4, -0.2) is 18.9 Å². The molecular weight excluding hydrogens is 148 g/mol. The lowest BCUT2D eigenvalue weighted by Gasteiger charge is -1.98. The summed E-state index contributed by atoms with van der Waals surface area (Å²) < 4.78 is 20.3. The highest BCUT2D eigenvalue weighted by molar-refractivity contribution is 7.93. The van der Waals surface area contributed by atoms with Crippen molar-refractivity contribution in [2.75, 3.05) is 6.26 Å². The van der Waals surface area contributed by atoms with E-state index in [1.165, 1.54) is 6.26 Å². The summed E-state index contributed by atoms with van der Waals surface area (Å²) in [6.45, 7) is 0. The second-order valence-electron chi connectivity index (χ2n) is 2.16. The fourth-order valence-corrected chi connectivity index (χ4v) is 1.41. The van der Waals surface area contributed by atoms with Gasteiger partial charge in [0.05, 0.1) is 0 Å². The zero-order valence-electron chi connectivity index (χ0n) is 4.52. The third-order valence-electron chi connectivity index (χ3n) is 1.31. The average molecular weight is 155 g/mol. The zero-order chi connectivity index (χ0) is 6.41. The maximum atomic E-state index is 10.6. The molecule has 0 spiro atoms. The largest absolute Gasteiger partial charge is 0.227 e. The summed E-state index contributed by atoms with van der Waals surface area (Å²) in [4.78, 5) is 0. The van der Waals surface area contributed by atoms with Gasteiger partial charge in [0.25, 0.3) is 0 Å². The SMILES string of the molecule is CS(=O)(=O)C1(Cl)CC1. The van der Waals surface area contributed by atoms with Crippen molar-refractivity contribution < 1.29 is 8.42 Å². The molecule has 0 heterocycles. The van der Waals surface area contributed by atoms with Crippen molar-refractivity contribution in [1.82, 2.24) is 0 Å². The minimum absolute atomic E-state index is 0.618. The quantitative estimate of drug-likeness (QED) is 0.523. The van der Waals surface area contributed by atoms with Gasteiger partial charge in [-0.3, -0.25) is 0 Å². The minimum Gasteiger partial charge on any atom is -0.227 e. The molecule has 0 N–H and O–H groups in total. The Labute approximate surface area is 53.8 Å². The molecule has 4 heteroatoms. The molecule has 0 aromatic carbocycles. The number of alkyl halides is 1. The first-order valence-corrected chi connectivity index (χ1v) is 4.61. The van der Waals surface area contributed by atoms with Crippen molar-refractivity contribution in [1.29, 1.82) is 0 Å². The van der Waals surface area contributed by atoms with Gasteiger partial charge in [0.2, 0.25) is 0 Å². The van der Waals surface area contributed by atoms with Crippen molar-refractivity contribution >= 4 is 21.4 Å². The van der Waals surface area contributed by atoms with E-state index in [1.54, 1.807) is 0 Å². The van der Waals surface area contributed by atoms with Gasteiger partial charge in [-0.05, 0) is 12.8 Å². The number of hydrogen-bond acceptors (Lipinski definition) is 2. The Balaban J connectivity index is 2.90. The molecule has 1 rings (SSSR count). The summed E-state index contributed by atoms with van der Waals surface area (Å²) in [5.74, 6) is 0. The van der Waals surface area contributed by atoms with E-state index >= 15 is 0 Å². The smallest absolute Gasteiger partial charge is 0.167 e. The Morgan fingerprint density at radius 1 is 1.50 bits per heavy atom. The molecule has 1 aliphatic rings. The average Bonchev–Trinajstić information content (AvgIpc) is 2.16. The predicted molar refractivity (Wildman–Crippen MR) is 32.7 cm³/mol. The predicted octanol–water partition coefficient (Wildman–Crippen LogP) is 0.760. The second-order valence-corrected chi connectivity index (χ2v) is 5.43. The highest BCUT2D eigenvalue weighted by Gasteiger charge is 2.50. The summed E-state index contributed by atoms with van der Waals surface area (Å²) in [7, 11) is -2.96. The fraction of sp³-hybridized carbons (Fsp3) is 1.00. The van der Waals surface area contributed by atoms with Crippen LogP contribution in [0.4, 0.5) is 0 Å². The number of sulfone groups is 1. The van der Waals surface area contributed by atoms with Gasteiger partial charge in [-0.2, -0.15) is 0 Å². The molecular formula is C4H7ClO2S. The Morgan fingerprint density at radius 2 is 1.88 bits per heavy atom. The van der Waals surface area contributed by atoms with Crippen molar-refractivity contribution in [3.63, 3.8) is 0 Å². The van der Waals surface area contributed by atoms with Crippen LogP contribution in [0.25, 0.3) is 0 Å². The molecule has 8 heavy (non-hydrogen) atoms. The van der Waals surface area contributed by atoms with Crippen LogP contribution in [0.15, 0.2) is 0 Å². The van der Waals surface area contributed by atoms with Gasteiger partial charge in [0, 0.05) is 6.26 Å². The molecule has 0 unspecified atom stereocenters. The second kappa shape index (κ2) is 1.39. The van der Waals surface area contributed by atoms with Gasteiger partial charge < -0.3 is 0 Å². The first kappa shape index (κ1) is 6.36. The molecule has 0 atom stereocenters. The summed E-state index contributed by atoms with van der Waals surface area (Å²) in [6.07, 6.45) is 2.41. The van der Waals surface area contributed by atoms with E-state index in [1.807, 2.05) is 0 Å². The van der Waals surface area contributed by atoms with Gasteiger partial charge in [0.15, 0.2) is 9.84 Å². The normalized spacial score (nSPS) is 25.2.